The molecule has 11 heteroatoms. The number of methoxy groups -OCH3 is 4. The lowest BCUT2D eigenvalue weighted by Crippen LogP contribution is -2.42. The van der Waals surface area contributed by atoms with E-state index in [0.29, 0.717) is 23.7 Å². The SMILES string of the molecule is CCC(NC(=O)CN(c1ccccc1F)S(=O)(=O)c1ccc(OC)c(OC)c1)c1ccc(OC)c(OC)c1. The number of nitrogens with zero attached hydrogens (tertiary/aromatic N) is 1. The van der Waals surface area contributed by atoms with Crippen LogP contribution in [0.5, 0.6) is 23.0 Å². The van der Waals surface area contributed by atoms with Crippen LogP contribution in [-0.2, 0) is 14.8 Å². The number of nitrogens with one attached hydrogen (secondary N) is 1. The van der Waals surface area contributed by atoms with E-state index in [1.165, 1.54) is 64.8 Å². The molecule has 0 radical (unpaired) electrons. The maximum atomic E-state index is 14.8. The minimum Gasteiger partial charge on any atom is -0.493 e. The Bertz CT molecular complexity index is 1380. The number of hydrogen-bond acceptors (Lipinski definition) is 7. The second-order valence-corrected chi connectivity index (χ2v) is 9.98. The number of halogens is 1. The highest BCUT2D eigenvalue weighted by Gasteiger charge is 2.31. The first-order valence-electron chi connectivity index (χ1n) is 11.7. The van der Waals surface area contributed by atoms with Gasteiger partial charge in [0.15, 0.2) is 23.0 Å². The summed E-state index contributed by atoms with van der Waals surface area (Å²) in [6, 6.07) is 14.1. The number of carbonyl (C=O) groups excluding carboxylic acids is 1. The van der Waals surface area contributed by atoms with E-state index in [1.54, 1.807) is 18.2 Å². The summed E-state index contributed by atoms with van der Waals surface area (Å²) in [5, 5.41) is 2.85. The first kappa shape index (κ1) is 28.6. The van der Waals surface area contributed by atoms with Crippen LogP contribution in [0.25, 0.3) is 0 Å². The zero-order valence-corrected chi connectivity index (χ0v) is 22.7. The average Bonchev–Trinajstić information content (AvgIpc) is 2.94. The van der Waals surface area contributed by atoms with Gasteiger partial charge in [-0.25, -0.2) is 12.8 Å². The molecule has 0 bridgehead atoms. The first-order chi connectivity index (χ1) is 18.2. The van der Waals surface area contributed by atoms with Crippen LogP contribution in [0.4, 0.5) is 10.1 Å². The van der Waals surface area contributed by atoms with Crippen molar-refractivity contribution in [3.8, 4) is 23.0 Å². The van der Waals surface area contributed by atoms with Crippen LogP contribution in [-0.4, -0.2) is 49.3 Å². The van der Waals surface area contributed by atoms with Gasteiger partial charge in [-0.2, -0.15) is 0 Å². The van der Waals surface area contributed by atoms with Crippen molar-refractivity contribution in [2.24, 2.45) is 0 Å². The quantitative estimate of drug-likeness (QED) is 0.361. The number of carbonyl (C=O) groups is 1. The summed E-state index contributed by atoms with van der Waals surface area (Å²) in [5.74, 6) is 0.0921. The van der Waals surface area contributed by atoms with Gasteiger partial charge in [0.1, 0.15) is 12.4 Å². The second kappa shape index (κ2) is 12.5. The monoisotopic (exact) mass is 546 g/mol. The Balaban J connectivity index is 1.97. The Labute approximate surface area is 222 Å². The van der Waals surface area contributed by atoms with Gasteiger partial charge in [-0.3, -0.25) is 9.10 Å². The number of anilines is 1. The van der Waals surface area contributed by atoms with Crippen LogP contribution in [0.2, 0.25) is 0 Å². The fourth-order valence-corrected chi connectivity index (χ4v) is 5.36. The van der Waals surface area contributed by atoms with Gasteiger partial charge in [0.05, 0.1) is 45.1 Å². The lowest BCUT2D eigenvalue weighted by molar-refractivity contribution is -0.120. The topological polar surface area (TPSA) is 103 Å². The first-order valence-corrected chi connectivity index (χ1v) is 13.1. The highest BCUT2D eigenvalue weighted by molar-refractivity contribution is 7.92. The lowest BCUT2D eigenvalue weighted by atomic mass is 10.0. The predicted octanol–water partition coefficient (Wildman–Crippen LogP) is 4.32. The smallest absolute Gasteiger partial charge is 0.265 e. The summed E-state index contributed by atoms with van der Waals surface area (Å²) in [4.78, 5) is 13.0. The van der Waals surface area contributed by atoms with Crippen molar-refractivity contribution in [3.63, 3.8) is 0 Å². The molecule has 38 heavy (non-hydrogen) atoms. The Morgan fingerprint density at radius 2 is 1.45 bits per heavy atom. The van der Waals surface area contributed by atoms with Crippen molar-refractivity contribution in [1.29, 1.82) is 0 Å². The van der Waals surface area contributed by atoms with Gasteiger partial charge in [0.25, 0.3) is 10.0 Å². The molecule has 1 amide bonds. The molecule has 0 saturated heterocycles. The van der Waals surface area contributed by atoms with Crippen molar-refractivity contribution in [1.82, 2.24) is 5.32 Å². The van der Waals surface area contributed by atoms with Crippen LogP contribution in [0.3, 0.4) is 0 Å². The van der Waals surface area contributed by atoms with Crippen LogP contribution in [0.1, 0.15) is 24.9 Å². The van der Waals surface area contributed by atoms with Crippen LogP contribution >= 0.6 is 0 Å². The summed E-state index contributed by atoms with van der Waals surface area (Å²) in [7, 11) is 1.42. The summed E-state index contributed by atoms with van der Waals surface area (Å²) in [6.45, 7) is 1.21. The number of sulfonamides is 1. The van der Waals surface area contributed by atoms with Crippen molar-refractivity contribution >= 4 is 21.6 Å². The highest BCUT2D eigenvalue weighted by Crippen LogP contribution is 2.34. The lowest BCUT2D eigenvalue weighted by Gasteiger charge is -2.26. The Morgan fingerprint density at radius 3 is 2.03 bits per heavy atom. The average molecular weight is 547 g/mol. The number of ether oxygens (including phenoxy) is 4. The summed E-state index contributed by atoms with van der Waals surface area (Å²) < 4.78 is 64.1. The molecule has 0 aliphatic carbocycles. The van der Waals surface area contributed by atoms with E-state index in [2.05, 4.69) is 5.32 Å². The van der Waals surface area contributed by atoms with Gasteiger partial charge in [0, 0.05) is 6.07 Å². The molecular formula is C27H31FN2O7S. The predicted molar refractivity (Wildman–Crippen MR) is 141 cm³/mol. The molecule has 0 spiro atoms. The molecule has 3 rings (SSSR count). The molecule has 1 unspecified atom stereocenters. The third-order valence-electron chi connectivity index (χ3n) is 5.90. The van der Waals surface area contributed by atoms with Crippen molar-refractivity contribution in [3.05, 3.63) is 72.0 Å². The van der Waals surface area contributed by atoms with Gasteiger partial charge in [-0.05, 0) is 48.4 Å². The number of hydrogen-bond donors (Lipinski definition) is 1. The number of amides is 1. The van der Waals surface area contributed by atoms with Gasteiger partial charge < -0.3 is 24.3 Å². The van der Waals surface area contributed by atoms with Gasteiger partial charge >= 0.3 is 0 Å². The second-order valence-electron chi connectivity index (χ2n) is 8.12. The third kappa shape index (κ3) is 6.10. The van der Waals surface area contributed by atoms with E-state index in [1.807, 2.05) is 6.92 Å². The Hall–Kier alpha value is -3.99. The maximum Gasteiger partial charge on any atom is 0.265 e. The van der Waals surface area contributed by atoms with E-state index in [4.69, 9.17) is 18.9 Å². The molecule has 204 valence electrons. The molecule has 0 aromatic heterocycles. The molecule has 1 N–H and O–H groups in total. The minimum atomic E-state index is -4.40. The number of para-hydroxylation sites is 1. The van der Waals surface area contributed by atoms with Crippen LogP contribution in [0.15, 0.2) is 65.6 Å². The molecule has 0 fully saturated rings. The Morgan fingerprint density at radius 1 is 0.868 bits per heavy atom. The van der Waals surface area contributed by atoms with Crippen LogP contribution < -0.4 is 28.6 Å². The van der Waals surface area contributed by atoms with Gasteiger partial charge in [0.2, 0.25) is 5.91 Å². The molecule has 0 heterocycles. The molecule has 1 atom stereocenters. The van der Waals surface area contributed by atoms with Crippen molar-refractivity contribution in [2.45, 2.75) is 24.3 Å². The normalized spacial score (nSPS) is 11.8. The molecule has 0 aliphatic heterocycles. The molecule has 0 saturated carbocycles. The third-order valence-corrected chi connectivity index (χ3v) is 7.66. The van der Waals surface area contributed by atoms with E-state index in [0.717, 1.165) is 15.9 Å². The van der Waals surface area contributed by atoms with Gasteiger partial charge in [-0.15, -0.1) is 0 Å². The molecule has 3 aromatic carbocycles. The van der Waals surface area contributed by atoms with E-state index >= 15 is 0 Å². The van der Waals surface area contributed by atoms with Crippen molar-refractivity contribution in [2.75, 3.05) is 39.3 Å². The van der Waals surface area contributed by atoms with E-state index in [-0.39, 0.29) is 16.3 Å². The summed E-state index contributed by atoms with van der Waals surface area (Å²) >= 11 is 0. The maximum absolute atomic E-state index is 14.8. The molecular weight excluding hydrogens is 515 g/mol. The zero-order valence-electron chi connectivity index (χ0n) is 21.9. The molecule has 9 nitrogen and oxygen atoms in total. The molecule has 3 aromatic rings. The number of rotatable bonds is 12. The standard InChI is InChI=1S/C27H31FN2O7S/c1-6-21(18-11-13-23(34-2)25(15-18)36-4)29-27(31)17-30(22-10-8-7-9-20(22)28)38(32,33)19-12-14-24(35-3)26(16-19)37-5/h7-16,21H,6,17H2,1-5H3,(H,29,31). The van der Waals surface area contributed by atoms with Crippen molar-refractivity contribution < 1.29 is 36.6 Å². The summed E-state index contributed by atoms with van der Waals surface area (Å²) in [5.41, 5.74) is 0.468. The summed E-state index contributed by atoms with van der Waals surface area (Å²) in [6.07, 6.45) is 0.503. The number of benzene rings is 3. The fourth-order valence-electron chi connectivity index (χ4n) is 3.92. The highest BCUT2D eigenvalue weighted by atomic mass is 32.2. The van der Waals surface area contributed by atoms with Gasteiger partial charge in [-0.1, -0.05) is 25.1 Å². The fraction of sp³-hybridized carbons (Fsp3) is 0.296. The Kier molecular flexibility index (Phi) is 9.40. The molecule has 0 aliphatic rings. The van der Waals surface area contributed by atoms with E-state index < -0.39 is 34.3 Å². The van der Waals surface area contributed by atoms with E-state index in [9.17, 15) is 17.6 Å². The zero-order chi connectivity index (χ0) is 27.9. The largest absolute Gasteiger partial charge is 0.493 e. The van der Waals surface area contributed by atoms with Crippen LogP contribution in [0, 0.1) is 5.82 Å². The minimum absolute atomic E-state index is 0.172.